The Balaban J connectivity index is 1.79. The first-order valence-corrected chi connectivity index (χ1v) is 9.32. The van der Waals surface area contributed by atoms with Gasteiger partial charge in [-0.25, -0.2) is 13.9 Å². The Morgan fingerprint density at radius 1 is 1.06 bits per heavy atom. The number of carbonyl (C=O) groups is 1. The molecule has 1 atom stereocenters. The summed E-state index contributed by atoms with van der Waals surface area (Å²) in [6, 6.07) is 14.5. The van der Waals surface area contributed by atoms with E-state index in [-0.39, 0.29) is 28.5 Å². The molecular weight excluding hydrogens is 412 g/mol. The first-order chi connectivity index (χ1) is 14.7. The second-order valence-electron chi connectivity index (χ2n) is 6.93. The largest absolute Gasteiger partial charge is 0.433 e. The number of amides is 1. The van der Waals surface area contributed by atoms with Crippen molar-refractivity contribution in [3.05, 3.63) is 89.5 Å². The van der Waals surface area contributed by atoms with Crippen molar-refractivity contribution in [1.29, 1.82) is 0 Å². The lowest BCUT2D eigenvalue weighted by Gasteiger charge is -2.14. The number of nitrogens with one attached hydrogen (secondary N) is 1. The van der Waals surface area contributed by atoms with Gasteiger partial charge in [-0.2, -0.15) is 18.3 Å². The second-order valence-corrected chi connectivity index (χ2v) is 6.93. The molecule has 158 valence electrons. The predicted octanol–water partition coefficient (Wildman–Crippen LogP) is 5.05. The van der Waals surface area contributed by atoms with E-state index in [9.17, 15) is 22.4 Å². The van der Waals surface area contributed by atoms with Crippen LogP contribution < -0.4 is 5.32 Å². The first-order valence-electron chi connectivity index (χ1n) is 9.32. The van der Waals surface area contributed by atoms with Gasteiger partial charge in [-0.05, 0) is 42.8 Å². The maximum Gasteiger partial charge on any atom is 0.433 e. The van der Waals surface area contributed by atoms with Gasteiger partial charge in [0.15, 0.2) is 11.3 Å². The molecule has 1 unspecified atom stereocenters. The van der Waals surface area contributed by atoms with Crippen molar-refractivity contribution in [2.24, 2.45) is 0 Å². The maximum atomic E-state index is 13.7. The molecule has 0 aliphatic rings. The van der Waals surface area contributed by atoms with Crippen LogP contribution >= 0.6 is 0 Å². The molecule has 1 N–H and O–H groups in total. The minimum absolute atomic E-state index is 0.0505. The van der Waals surface area contributed by atoms with Crippen molar-refractivity contribution in [1.82, 2.24) is 19.9 Å². The Bertz CT molecular complexity index is 1230. The van der Waals surface area contributed by atoms with Gasteiger partial charge < -0.3 is 5.32 Å². The highest BCUT2D eigenvalue weighted by molar-refractivity contribution is 6.00. The van der Waals surface area contributed by atoms with Crippen LogP contribution in [-0.2, 0) is 6.18 Å². The number of hydrogen-bond acceptors (Lipinski definition) is 3. The van der Waals surface area contributed by atoms with Crippen molar-refractivity contribution in [3.8, 4) is 11.3 Å². The average molecular weight is 428 g/mol. The standard InChI is InChI=1S/C22H16F4N4O/c1-13(14-5-3-2-4-6-14)28-21(31)17-12-27-30-19(22(24,25)26)11-18(29-20(17)30)15-7-9-16(23)10-8-15/h2-13H,1H3,(H,28,31). The van der Waals surface area contributed by atoms with Crippen LogP contribution in [0.1, 0.15) is 34.6 Å². The topological polar surface area (TPSA) is 59.3 Å². The third kappa shape index (κ3) is 4.11. The average Bonchev–Trinajstić information content (AvgIpc) is 3.17. The fourth-order valence-corrected chi connectivity index (χ4v) is 3.19. The van der Waals surface area contributed by atoms with Crippen molar-refractivity contribution in [2.45, 2.75) is 19.1 Å². The molecular formula is C22H16F4N4O. The summed E-state index contributed by atoms with van der Waals surface area (Å²) in [5.74, 6) is -1.14. The van der Waals surface area contributed by atoms with Crippen LogP contribution in [0.25, 0.3) is 16.9 Å². The maximum absolute atomic E-state index is 13.7. The highest BCUT2D eigenvalue weighted by Gasteiger charge is 2.36. The summed E-state index contributed by atoms with van der Waals surface area (Å²) in [7, 11) is 0. The minimum atomic E-state index is -4.74. The fraction of sp³-hybridized carbons (Fsp3) is 0.136. The number of hydrogen-bond donors (Lipinski definition) is 1. The predicted molar refractivity (Wildman–Crippen MR) is 106 cm³/mol. The van der Waals surface area contributed by atoms with Crippen LogP contribution in [0.5, 0.6) is 0 Å². The fourth-order valence-electron chi connectivity index (χ4n) is 3.19. The summed E-state index contributed by atoms with van der Waals surface area (Å²) in [4.78, 5) is 17.0. The third-order valence-electron chi connectivity index (χ3n) is 4.79. The summed E-state index contributed by atoms with van der Waals surface area (Å²) in [6.07, 6.45) is -3.69. The number of fused-ring (bicyclic) bond motifs is 1. The van der Waals surface area contributed by atoms with E-state index in [1.165, 1.54) is 12.1 Å². The molecule has 2 aromatic carbocycles. The van der Waals surface area contributed by atoms with Gasteiger partial charge in [0, 0.05) is 5.56 Å². The molecule has 31 heavy (non-hydrogen) atoms. The van der Waals surface area contributed by atoms with E-state index in [1.807, 2.05) is 30.3 Å². The van der Waals surface area contributed by atoms with Gasteiger partial charge in [0.1, 0.15) is 11.4 Å². The number of rotatable bonds is 4. The third-order valence-corrected chi connectivity index (χ3v) is 4.79. The normalized spacial score (nSPS) is 12.7. The monoisotopic (exact) mass is 428 g/mol. The van der Waals surface area contributed by atoms with Gasteiger partial charge in [0.25, 0.3) is 5.91 Å². The number of alkyl halides is 3. The summed E-state index contributed by atoms with van der Waals surface area (Å²) >= 11 is 0. The molecule has 0 bridgehead atoms. The number of carbonyl (C=O) groups excluding carboxylic acids is 1. The van der Waals surface area contributed by atoms with Crippen molar-refractivity contribution >= 4 is 11.6 Å². The smallest absolute Gasteiger partial charge is 0.345 e. The van der Waals surface area contributed by atoms with Gasteiger partial charge in [-0.15, -0.1) is 0 Å². The lowest BCUT2D eigenvalue weighted by Crippen LogP contribution is -2.26. The Morgan fingerprint density at radius 3 is 2.39 bits per heavy atom. The molecule has 0 spiro atoms. The molecule has 4 aromatic rings. The Hall–Kier alpha value is -3.75. The molecule has 2 heterocycles. The Labute approximate surface area is 174 Å². The summed E-state index contributed by atoms with van der Waals surface area (Å²) in [5.41, 5.74) is -0.371. The van der Waals surface area contributed by atoms with Crippen LogP contribution in [0, 0.1) is 5.82 Å². The Kier molecular flexibility index (Phi) is 5.18. The molecule has 2 aromatic heterocycles. The number of nitrogens with zero attached hydrogens (tertiary/aromatic N) is 3. The molecule has 4 rings (SSSR count). The lowest BCUT2D eigenvalue weighted by molar-refractivity contribution is -0.142. The summed E-state index contributed by atoms with van der Waals surface area (Å²) < 4.78 is 54.8. The van der Waals surface area contributed by atoms with Gasteiger partial charge in [-0.3, -0.25) is 4.79 Å². The highest BCUT2D eigenvalue weighted by Crippen LogP contribution is 2.33. The van der Waals surface area contributed by atoms with Crippen molar-refractivity contribution in [2.75, 3.05) is 0 Å². The number of benzene rings is 2. The molecule has 0 aliphatic heterocycles. The van der Waals surface area contributed by atoms with Gasteiger partial charge in [0.2, 0.25) is 0 Å². The summed E-state index contributed by atoms with van der Waals surface area (Å²) in [6.45, 7) is 1.76. The van der Waals surface area contributed by atoms with Crippen molar-refractivity contribution < 1.29 is 22.4 Å². The molecule has 0 saturated carbocycles. The lowest BCUT2D eigenvalue weighted by atomic mass is 10.1. The van der Waals surface area contributed by atoms with Gasteiger partial charge in [0.05, 0.1) is 17.9 Å². The van der Waals surface area contributed by atoms with E-state index < -0.39 is 23.6 Å². The molecule has 0 saturated heterocycles. The zero-order valence-electron chi connectivity index (χ0n) is 16.2. The quantitative estimate of drug-likeness (QED) is 0.463. The van der Waals surface area contributed by atoms with E-state index in [4.69, 9.17) is 0 Å². The van der Waals surface area contributed by atoms with Crippen LogP contribution in [0.15, 0.2) is 66.9 Å². The van der Waals surface area contributed by atoms with E-state index in [0.29, 0.717) is 4.52 Å². The molecule has 9 heteroatoms. The number of aromatic nitrogens is 3. The van der Waals surface area contributed by atoms with E-state index in [2.05, 4.69) is 15.4 Å². The second kappa shape index (κ2) is 7.82. The molecule has 5 nitrogen and oxygen atoms in total. The molecule has 0 radical (unpaired) electrons. The molecule has 0 aliphatic carbocycles. The van der Waals surface area contributed by atoms with Gasteiger partial charge in [-0.1, -0.05) is 30.3 Å². The van der Waals surface area contributed by atoms with Crippen molar-refractivity contribution in [3.63, 3.8) is 0 Å². The van der Waals surface area contributed by atoms with Crippen LogP contribution in [0.4, 0.5) is 17.6 Å². The number of halogens is 4. The minimum Gasteiger partial charge on any atom is -0.345 e. The SMILES string of the molecule is CC(NC(=O)c1cnn2c(C(F)(F)F)cc(-c3ccc(F)cc3)nc12)c1ccccc1. The zero-order valence-corrected chi connectivity index (χ0v) is 16.2. The molecule has 0 fully saturated rings. The van der Waals surface area contributed by atoms with E-state index in [1.54, 1.807) is 6.92 Å². The van der Waals surface area contributed by atoms with Crippen LogP contribution in [0.3, 0.4) is 0 Å². The zero-order chi connectivity index (χ0) is 22.2. The van der Waals surface area contributed by atoms with E-state index in [0.717, 1.165) is 30.0 Å². The van der Waals surface area contributed by atoms with Crippen LogP contribution in [0.2, 0.25) is 0 Å². The van der Waals surface area contributed by atoms with Gasteiger partial charge >= 0.3 is 6.18 Å². The highest BCUT2D eigenvalue weighted by atomic mass is 19.4. The molecule has 1 amide bonds. The van der Waals surface area contributed by atoms with E-state index >= 15 is 0 Å². The Morgan fingerprint density at radius 2 is 1.74 bits per heavy atom. The van der Waals surface area contributed by atoms with Crippen LogP contribution in [-0.4, -0.2) is 20.5 Å². The first kappa shape index (κ1) is 20.5. The summed E-state index contributed by atoms with van der Waals surface area (Å²) in [5, 5.41) is 6.50.